The lowest BCUT2D eigenvalue weighted by Gasteiger charge is -2.10. The molecule has 1 amide bonds. The van der Waals surface area contributed by atoms with Crippen LogP contribution in [0.1, 0.15) is 15.4 Å². The molecule has 2 heterocycles. The first-order chi connectivity index (χ1) is 11.6. The second-order valence-corrected chi connectivity index (χ2v) is 6.66. The molecule has 0 fully saturated rings. The number of carbonyl (C=O) groups excluding carboxylic acids is 1. The zero-order valence-electron chi connectivity index (χ0n) is 12.5. The number of hydrogen-bond donors (Lipinski definition) is 1. The first-order valence-corrected chi connectivity index (χ1v) is 8.25. The lowest BCUT2D eigenvalue weighted by atomic mass is 10.1. The van der Waals surface area contributed by atoms with Gasteiger partial charge >= 0.3 is 0 Å². The van der Waals surface area contributed by atoms with Gasteiger partial charge in [0.15, 0.2) is 0 Å². The molecule has 0 radical (unpaired) electrons. The second kappa shape index (κ2) is 6.87. The highest BCUT2D eigenvalue weighted by Gasteiger charge is 2.13. The molecule has 0 spiro atoms. The van der Waals surface area contributed by atoms with Gasteiger partial charge < -0.3 is 5.32 Å². The van der Waals surface area contributed by atoms with Gasteiger partial charge in [0.2, 0.25) is 0 Å². The SMILES string of the molecule is C#CCn1nc(CNC(=O)c2ccc(Cl)s2)c2ccccc2c1=O. The van der Waals surface area contributed by atoms with Gasteiger partial charge in [-0.25, -0.2) is 4.68 Å². The topological polar surface area (TPSA) is 64.0 Å². The largest absolute Gasteiger partial charge is 0.346 e. The van der Waals surface area contributed by atoms with Gasteiger partial charge in [-0.1, -0.05) is 35.7 Å². The van der Waals surface area contributed by atoms with Crippen molar-refractivity contribution in [3.8, 4) is 12.3 Å². The molecule has 0 saturated heterocycles. The molecule has 2 aromatic heterocycles. The van der Waals surface area contributed by atoms with Gasteiger partial charge in [0, 0.05) is 5.39 Å². The van der Waals surface area contributed by atoms with Crippen LogP contribution in [0.3, 0.4) is 0 Å². The molecule has 0 aliphatic rings. The number of nitrogens with zero attached hydrogens (tertiary/aromatic N) is 2. The summed E-state index contributed by atoms with van der Waals surface area (Å²) in [7, 11) is 0. The van der Waals surface area contributed by atoms with E-state index in [1.54, 1.807) is 30.3 Å². The molecule has 120 valence electrons. The van der Waals surface area contributed by atoms with Crippen molar-refractivity contribution in [2.24, 2.45) is 0 Å². The van der Waals surface area contributed by atoms with Gasteiger partial charge in [-0.2, -0.15) is 5.10 Å². The van der Waals surface area contributed by atoms with Crippen molar-refractivity contribution in [1.82, 2.24) is 15.1 Å². The number of thiophene rings is 1. The average molecular weight is 358 g/mol. The molecule has 0 bridgehead atoms. The van der Waals surface area contributed by atoms with Crippen LogP contribution in [0.5, 0.6) is 0 Å². The minimum absolute atomic E-state index is 0.0746. The highest BCUT2D eigenvalue weighted by Crippen LogP contribution is 2.21. The van der Waals surface area contributed by atoms with Gasteiger partial charge in [-0.3, -0.25) is 9.59 Å². The average Bonchev–Trinajstić information content (AvgIpc) is 3.03. The summed E-state index contributed by atoms with van der Waals surface area (Å²) in [5, 5.41) is 8.29. The third-order valence-electron chi connectivity index (χ3n) is 3.40. The molecule has 0 unspecified atom stereocenters. The van der Waals surface area contributed by atoms with Crippen molar-refractivity contribution in [2.75, 3.05) is 0 Å². The number of rotatable bonds is 4. The van der Waals surface area contributed by atoms with E-state index in [0.29, 0.717) is 25.7 Å². The molecule has 1 N–H and O–H groups in total. The monoisotopic (exact) mass is 357 g/mol. The van der Waals surface area contributed by atoms with Gasteiger partial charge in [0.25, 0.3) is 11.5 Å². The predicted octanol–water partition coefficient (Wildman–Crippen LogP) is 2.67. The number of halogens is 1. The Hall–Kier alpha value is -2.62. The van der Waals surface area contributed by atoms with Crippen molar-refractivity contribution >= 4 is 39.6 Å². The fourth-order valence-corrected chi connectivity index (χ4v) is 3.28. The fraction of sp³-hybridized carbons (Fsp3) is 0.118. The van der Waals surface area contributed by atoms with Crippen LogP contribution in [-0.2, 0) is 13.1 Å². The van der Waals surface area contributed by atoms with Crippen LogP contribution in [0.15, 0.2) is 41.2 Å². The standard InChI is InChI=1S/C17H12ClN3O2S/c1-2-9-21-17(23)12-6-4-3-5-11(12)13(20-21)10-19-16(22)14-7-8-15(18)24-14/h1,3-8H,9-10H2,(H,19,22). The van der Waals surface area contributed by atoms with E-state index in [2.05, 4.69) is 16.3 Å². The summed E-state index contributed by atoms with van der Waals surface area (Å²) in [6.07, 6.45) is 5.29. The van der Waals surface area contributed by atoms with Gasteiger partial charge in [-0.05, 0) is 18.2 Å². The van der Waals surface area contributed by atoms with E-state index >= 15 is 0 Å². The number of fused-ring (bicyclic) bond motifs is 1. The van der Waals surface area contributed by atoms with E-state index in [1.807, 2.05) is 6.07 Å². The third-order valence-corrected chi connectivity index (χ3v) is 4.63. The maximum absolute atomic E-state index is 12.3. The Morgan fingerprint density at radius 1 is 1.29 bits per heavy atom. The number of aromatic nitrogens is 2. The number of carbonyl (C=O) groups is 1. The summed E-state index contributed by atoms with van der Waals surface area (Å²) in [5.74, 6) is 2.17. The lowest BCUT2D eigenvalue weighted by molar-refractivity contribution is 0.0954. The zero-order valence-corrected chi connectivity index (χ0v) is 14.0. The van der Waals surface area contributed by atoms with E-state index in [0.717, 1.165) is 0 Å². The summed E-state index contributed by atoms with van der Waals surface area (Å²) in [6, 6.07) is 10.4. The van der Waals surface area contributed by atoms with Crippen LogP contribution in [0.25, 0.3) is 10.8 Å². The first kappa shape index (κ1) is 16.2. The second-order valence-electron chi connectivity index (χ2n) is 4.95. The minimum Gasteiger partial charge on any atom is -0.346 e. The third kappa shape index (κ3) is 3.18. The quantitative estimate of drug-likeness (QED) is 0.730. The minimum atomic E-state index is -0.247. The number of benzene rings is 1. The van der Waals surface area contributed by atoms with Gasteiger partial charge in [-0.15, -0.1) is 17.8 Å². The van der Waals surface area contributed by atoms with Crippen LogP contribution in [0.2, 0.25) is 4.34 Å². The van der Waals surface area contributed by atoms with Crippen molar-refractivity contribution in [3.63, 3.8) is 0 Å². The molecule has 5 nitrogen and oxygen atoms in total. The maximum Gasteiger partial charge on any atom is 0.275 e. The molecule has 0 saturated carbocycles. The summed E-state index contributed by atoms with van der Waals surface area (Å²) in [5.41, 5.74) is 0.333. The smallest absolute Gasteiger partial charge is 0.275 e. The zero-order chi connectivity index (χ0) is 17.1. The Labute approximate surface area is 146 Å². The Kier molecular flexibility index (Phi) is 4.65. The van der Waals surface area contributed by atoms with Gasteiger partial charge in [0.1, 0.15) is 6.54 Å². The Balaban J connectivity index is 1.94. The Morgan fingerprint density at radius 3 is 2.71 bits per heavy atom. The number of terminal acetylenes is 1. The van der Waals surface area contributed by atoms with Crippen LogP contribution in [0, 0.1) is 12.3 Å². The van der Waals surface area contributed by atoms with Crippen molar-refractivity contribution in [1.29, 1.82) is 0 Å². The molecule has 24 heavy (non-hydrogen) atoms. The lowest BCUT2D eigenvalue weighted by Crippen LogP contribution is -2.28. The predicted molar refractivity (Wildman–Crippen MR) is 95.3 cm³/mol. The molecular formula is C17H12ClN3O2S. The Morgan fingerprint density at radius 2 is 2.04 bits per heavy atom. The van der Waals surface area contributed by atoms with Crippen LogP contribution in [0.4, 0.5) is 0 Å². The van der Waals surface area contributed by atoms with Crippen molar-refractivity contribution in [3.05, 3.63) is 61.7 Å². The van der Waals surface area contributed by atoms with Crippen LogP contribution in [-0.4, -0.2) is 15.7 Å². The summed E-state index contributed by atoms with van der Waals surface area (Å²) in [6.45, 7) is 0.255. The summed E-state index contributed by atoms with van der Waals surface area (Å²) >= 11 is 7.04. The summed E-state index contributed by atoms with van der Waals surface area (Å²) < 4.78 is 1.78. The van der Waals surface area contributed by atoms with E-state index in [9.17, 15) is 9.59 Å². The highest BCUT2D eigenvalue weighted by atomic mass is 35.5. The Bertz CT molecular complexity index is 1020. The normalized spacial score (nSPS) is 10.5. The van der Waals surface area contributed by atoms with Crippen LogP contribution >= 0.6 is 22.9 Å². The fourth-order valence-electron chi connectivity index (χ4n) is 2.32. The van der Waals surface area contributed by atoms with Crippen LogP contribution < -0.4 is 10.9 Å². The molecule has 3 rings (SSSR count). The molecule has 1 aromatic carbocycles. The summed E-state index contributed by atoms with van der Waals surface area (Å²) in [4.78, 5) is 25.0. The van der Waals surface area contributed by atoms with Crippen molar-refractivity contribution in [2.45, 2.75) is 13.1 Å². The number of hydrogen-bond acceptors (Lipinski definition) is 4. The molecule has 0 aliphatic heterocycles. The molecule has 0 atom stereocenters. The highest BCUT2D eigenvalue weighted by molar-refractivity contribution is 7.17. The number of amides is 1. The molecule has 0 aliphatic carbocycles. The van der Waals surface area contributed by atoms with Gasteiger partial charge in [0.05, 0.1) is 26.8 Å². The van der Waals surface area contributed by atoms with Crippen molar-refractivity contribution < 1.29 is 4.79 Å². The van der Waals surface area contributed by atoms with E-state index < -0.39 is 0 Å². The number of nitrogens with one attached hydrogen (secondary N) is 1. The van der Waals surface area contributed by atoms with E-state index in [-0.39, 0.29) is 24.6 Å². The maximum atomic E-state index is 12.3. The molecule has 3 aromatic rings. The first-order valence-electron chi connectivity index (χ1n) is 7.06. The van der Waals surface area contributed by atoms with E-state index in [4.69, 9.17) is 18.0 Å². The molecular weight excluding hydrogens is 346 g/mol. The van der Waals surface area contributed by atoms with E-state index in [1.165, 1.54) is 16.0 Å². The molecule has 7 heteroatoms.